The zero-order chi connectivity index (χ0) is 9.84. The second kappa shape index (κ2) is 3.97. The zero-order valence-electron chi connectivity index (χ0n) is 7.32. The van der Waals surface area contributed by atoms with Gasteiger partial charge < -0.3 is 20.1 Å². The lowest BCUT2D eigenvalue weighted by Gasteiger charge is -2.37. The van der Waals surface area contributed by atoms with Crippen LogP contribution in [0.5, 0.6) is 0 Å². The second-order valence-electron chi connectivity index (χ2n) is 2.77. The third-order valence-corrected chi connectivity index (χ3v) is 2.00. The largest absolute Gasteiger partial charge is 0.465 e. The molecule has 1 unspecified atom stereocenters. The van der Waals surface area contributed by atoms with Crippen molar-refractivity contribution in [2.45, 2.75) is 12.5 Å². The second-order valence-corrected chi connectivity index (χ2v) is 2.77. The van der Waals surface area contributed by atoms with Gasteiger partial charge in [-0.1, -0.05) is 0 Å². The fourth-order valence-electron chi connectivity index (χ4n) is 1.11. The number of hydrogen-bond donors (Lipinski definition) is 2. The molecule has 0 aliphatic carbocycles. The first-order chi connectivity index (χ1) is 6.15. The van der Waals surface area contributed by atoms with Crippen molar-refractivity contribution in [1.82, 2.24) is 10.2 Å². The molecule has 1 fully saturated rings. The minimum atomic E-state index is -0.961. The zero-order valence-corrected chi connectivity index (χ0v) is 7.32. The molecule has 0 spiro atoms. The molecule has 6 heteroatoms. The number of hydrogen-bond acceptors (Lipinski definition) is 3. The minimum Gasteiger partial charge on any atom is -0.465 e. The van der Waals surface area contributed by atoms with Gasteiger partial charge in [0.05, 0.1) is 6.04 Å². The predicted octanol–water partition coefficient (Wildman–Crippen LogP) is 0.0947. The van der Waals surface area contributed by atoms with Crippen LogP contribution in [0.2, 0.25) is 0 Å². The van der Waals surface area contributed by atoms with Crippen molar-refractivity contribution in [3.05, 3.63) is 0 Å². The van der Waals surface area contributed by atoms with E-state index in [1.54, 1.807) is 0 Å². The summed E-state index contributed by atoms with van der Waals surface area (Å²) in [5.41, 5.74) is 0. The number of carboxylic acid groups (broad SMARTS) is 1. The molecular formula is C7H12N2O4. The van der Waals surface area contributed by atoms with E-state index in [9.17, 15) is 9.59 Å². The van der Waals surface area contributed by atoms with Crippen molar-refractivity contribution in [3.63, 3.8) is 0 Å². The van der Waals surface area contributed by atoms with E-state index in [1.807, 2.05) is 0 Å². The summed E-state index contributed by atoms with van der Waals surface area (Å²) in [7, 11) is 1.46. The summed E-state index contributed by atoms with van der Waals surface area (Å²) >= 11 is 0. The average Bonchev–Trinajstić information content (AvgIpc) is 2.01. The van der Waals surface area contributed by atoms with Gasteiger partial charge in [-0.25, -0.2) is 9.59 Å². The summed E-state index contributed by atoms with van der Waals surface area (Å²) in [4.78, 5) is 22.4. The third kappa shape index (κ3) is 2.24. The lowest BCUT2D eigenvalue weighted by molar-refractivity contribution is 0.0342. The molecule has 1 aliphatic heterocycles. The van der Waals surface area contributed by atoms with Crippen LogP contribution in [0.3, 0.4) is 0 Å². The van der Waals surface area contributed by atoms with Crippen molar-refractivity contribution >= 4 is 12.2 Å². The molecule has 0 radical (unpaired) electrons. The van der Waals surface area contributed by atoms with Gasteiger partial charge in [0.15, 0.2) is 0 Å². The maximum atomic E-state index is 10.6. The van der Waals surface area contributed by atoms with Crippen molar-refractivity contribution < 1.29 is 19.4 Å². The summed E-state index contributed by atoms with van der Waals surface area (Å²) in [6.07, 6.45) is -0.738. The molecule has 0 aromatic rings. The van der Waals surface area contributed by atoms with Gasteiger partial charge in [0.25, 0.3) is 0 Å². The summed E-state index contributed by atoms with van der Waals surface area (Å²) in [6.45, 7) is 0.656. The molecule has 1 heterocycles. The Morgan fingerprint density at radius 3 is 2.77 bits per heavy atom. The molecule has 2 amide bonds. The van der Waals surface area contributed by atoms with Gasteiger partial charge in [-0.2, -0.15) is 0 Å². The number of nitrogens with zero attached hydrogens (tertiary/aromatic N) is 1. The first kappa shape index (κ1) is 9.63. The van der Waals surface area contributed by atoms with Crippen LogP contribution in [-0.2, 0) is 4.74 Å². The van der Waals surface area contributed by atoms with Gasteiger partial charge in [-0.15, -0.1) is 0 Å². The highest BCUT2D eigenvalue weighted by atomic mass is 16.5. The number of carbonyl (C=O) groups is 2. The van der Waals surface area contributed by atoms with Gasteiger partial charge in [0.1, 0.15) is 6.61 Å². The molecule has 1 saturated heterocycles. The fourth-order valence-corrected chi connectivity index (χ4v) is 1.11. The summed E-state index contributed by atoms with van der Waals surface area (Å²) in [5.74, 6) is 0. The van der Waals surface area contributed by atoms with E-state index < -0.39 is 12.2 Å². The summed E-state index contributed by atoms with van der Waals surface area (Å²) in [5, 5.41) is 10.9. The van der Waals surface area contributed by atoms with Crippen molar-refractivity contribution in [3.8, 4) is 0 Å². The quantitative estimate of drug-likeness (QED) is 0.644. The van der Waals surface area contributed by atoms with Crippen LogP contribution < -0.4 is 5.32 Å². The number of nitrogens with one attached hydrogen (secondary N) is 1. The predicted molar refractivity (Wildman–Crippen MR) is 43.5 cm³/mol. The van der Waals surface area contributed by atoms with Crippen LogP contribution in [0.15, 0.2) is 0 Å². The van der Waals surface area contributed by atoms with E-state index in [0.29, 0.717) is 6.54 Å². The number of likely N-dealkylation sites (tertiary alicyclic amines) is 1. The van der Waals surface area contributed by atoms with Crippen molar-refractivity contribution in [2.75, 3.05) is 20.2 Å². The Morgan fingerprint density at radius 1 is 1.69 bits per heavy atom. The molecule has 0 aromatic carbocycles. The Labute approximate surface area is 75.5 Å². The maximum Gasteiger partial charge on any atom is 0.407 e. The molecule has 0 bridgehead atoms. The minimum absolute atomic E-state index is 0.131. The van der Waals surface area contributed by atoms with Gasteiger partial charge in [-0.05, 0) is 6.42 Å². The molecule has 6 nitrogen and oxygen atoms in total. The Bertz CT molecular complexity index is 219. The molecule has 1 aliphatic rings. The van der Waals surface area contributed by atoms with Crippen LogP contribution in [0.1, 0.15) is 6.42 Å². The van der Waals surface area contributed by atoms with Gasteiger partial charge in [0, 0.05) is 13.6 Å². The summed E-state index contributed by atoms with van der Waals surface area (Å²) in [6, 6.07) is -0.171. The molecule has 74 valence electrons. The Balaban J connectivity index is 2.23. The molecule has 1 rings (SSSR count). The van der Waals surface area contributed by atoms with E-state index in [1.165, 1.54) is 11.9 Å². The number of ether oxygens (including phenoxy) is 1. The van der Waals surface area contributed by atoms with Gasteiger partial charge in [-0.3, -0.25) is 0 Å². The van der Waals surface area contributed by atoms with Crippen molar-refractivity contribution in [1.29, 1.82) is 0 Å². The first-order valence-electron chi connectivity index (χ1n) is 3.99. The molecular weight excluding hydrogens is 176 g/mol. The van der Waals surface area contributed by atoms with Crippen molar-refractivity contribution in [2.24, 2.45) is 0 Å². The molecule has 0 aromatic heterocycles. The van der Waals surface area contributed by atoms with Crippen LogP contribution in [0.25, 0.3) is 0 Å². The highest BCUT2D eigenvalue weighted by molar-refractivity contribution is 5.68. The van der Waals surface area contributed by atoms with Crippen LogP contribution in [-0.4, -0.2) is 48.4 Å². The monoisotopic (exact) mass is 188 g/mol. The van der Waals surface area contributed by atoms with Crippen LogP contribution in [0, 0.1) is 0 Å². The van der Waals surface area contributed by atoms with E-state index in [2.05, 4.69) is 5.32 Å². The Morgan fingerprint density at radius 2 is 2.38 bits per heavy atom. The van der Waals surface area contributed by atoms with E-state index >= 15 is 0 Å². The Hall–Kier alpha value is -1.46. The van der Waals surface area contributed by atoms with Gasteiger partial charge in [0.2, 0.25) is 0 Å². The third-order valence-electron chi connectivity index (χ3n) is 2.00. The molecule has 0 saturated carbocycles. The molecule has 13 heavy (non-hydrogen) atoms. The van der Waals surface area contributed by atoms with E-state index in [4.69, 9.17) is 9.84 Å². The lowest BCUT2D eigenvalue weighted by Crippen LogP contribution is -2.53. The molecule has 1 atom stereocenters. The lowest BCUT2D eigenvalue weighted by atomic mass is 10.1. The normalized spacial score (nSPS) is 20.4. The Kier molecular flexibility index (Phi) is 2.94. The smallest absolute Gasteiger partial charge is 0.407 e. The standard InChI is InChI=1S/C7H12N2O4/c1-8-6(10)13-4-5-2-3-9(5)7(11)12/h5H,2-4H2,1H3,(H,8,10)(H,11,12). The maximum absolute atomic E-state index is 10.6. The first-order valence-corrected chi connectivity index (χ1v) is 3.99. The highest BCUT2D eigenvalue weighted by Gasteiger charge is 2.32. The average molecular weight is 188 g/mol. The number of carbonyl (C=O) groups excluding carboxylic acids is 1. The number of amides is 2. The van der Waals surface area contributed by atoms with E-state index in [-0.39, 0.29) is 12.6 Å². The van der Waals surface area contributed by atoms with E-state index in [0.717, 1.165) is 6.42 Å². The summed E-state index contributed by atoms with van der Waals surface area (Å²) < 4.78 is 4.72. The van der Waals surface area contributed by atoms with Crippen LogP contribution >= 0.6 is 0 Å². The highest BCUT2D eigenvalue weighted by Crippen LogP contribution is 2.17. The van der Waals surface area contributed by atoms with Gasteiger partial charge >= 0.3 is 12.2 Å². The SMILES string of the molecule is CNC(=O)OCC1CCN1C(=O)O. The fraction of sp³-hybridized carbons (Fsp3) is 0.714. The number of rotatable bonds is 2. The molecule has 2 N–H and O–H groups in total. The number of alkyl carbamates (subject to hydrolysis) is 1. The van der Waals surface area contributed by atoms with Crippen LogP contribution in [0.4, 0.5) is 9.59 Å². The topological polar surface area (TPSA) is 78.9 Å².